The van der Waals surface area contributed by atoms with Gasteiger partial charge < -0.3 is 94.5 Å². The Morgan fingerprint density at radius 1 is 0.696 bits per heavy atom. The van der Waals surface area contributed by atoms with Crippen LogP contribution in [0.2, 0.25) is 0 Å². The topological polar surface area (TPSA) is 349 Å². The molecule has 4 saturated carbocycles. The van der Waals surface area contributed by atoms with Crippen molar-refractivity contribution in [3.63, 3.8) is 0 Å². The summed E-state index contributed by atoms with van der Waals surface area (Å²) < 4.78 is 36.2. The smallest absolute Gasteiger partial charge is 0.335 e. The summed E-state index contributed by atoms with van der Waals surface area (Å²) in [7, 11) is 0. The molecule has 69 heavy (non-hydrogen) atoms. The average molecular weight is 987 g/mol. The number of hydrogen-bond acceptors (Lipinski definition) is 19. The number of aldehydes is 1. The van der Waals surface area contributed by atoms with Crippen LogP contribution in [-0.4, -0.2) is 197 Å². The third-order valence-corrected chi connectivity index (χ3v) is 19.3. The lowest BCUT2D eigenvalue weighted by Crippen LogP contribution is -2.70. The van der Waals surface area contributed by atoms with E-state index in [9.17, 15) is 75.7 Å². The first-order chi connectivity index (χ1) is 32.1. The molecule has 21 nitrogen and oxygen atoms in total. The largest absolute Gasteiger partial charge is 0.481 e. The third kappa shape index (κ3) is 7.90. The summed E-state index contributed by atoms with van der Waals surface area (Å²) in [4.78, 5) is 39.9. The number of aliphatic carboxylic acids is 2. The number of carboxylic acid groups (broad SMARTS) is 2. The number of hydrogen-bond donors (Lipinski definition) is 12. The maximum atomic E-state index is 13.9. The van der Waals surface area contributed by atoms with Gasteiger partial charge in [-0.15, -0.1) is 0 Å². The van der Waals surface area contributed by atoms with Crippen LogP contribution in [0, 0.1) is 50.2 Å². The quantitative estimate of drug-likeness (QED) is 0.0706. The predicted molar refractivity (Wildman–Crippen MR) is 233 cm³/mol. The molecule has 12 N–H and O–H groups in total. The predicted octanol–water partition coefficient (Wildman–Crippen LogP) is -1.05. The highest BCUT2D eigenvalue weighted by Gasteiger charge is 2.74. The molecular formula is C48H74O21. The Labute approximate surface area is 400 Å². The number of carbonyl (C=O) groups is 3. The Balaban J connectivity index is 1.13. The summed E-state index contributed by atoms with van der Waals surface area (Å²) in [5.41, 5.74) is -4.35. The van der Waals surface area contributed by atoms with Crippen molar-refractivity contribution in [1.82, 2.24) is 0 Å². The Morgan fingerprint density at radius 2 is 1.30 bits per heavy atom. The van der Waals surface area contributed by atoms with Crippen LogP contribution in [0.25, 0.3) is 0 Å². The van der Waals surface area contributed by atoms with Crippen molar-refractivity contribution in [2.24, 2.45) is 50.2 Å². The number of allylic oxidation sites excluding steroid dienone is 2. The van der Waals surface area contributed by atoms with E-state index in [1.54, 1.807) is 6.92 Å². The maximum absolute atomic E-state index is 13.9. The molecule has 8 aliphatic rings. The van der Waals surface area contributed by atoms with Gasteiger partial charge in [-0.05, 0) is 91.8 Å². The highest BCUT2D eigenvalue weighted by molar-refractivity contribution is 5.78. The van der Waals surface area contributed by atoms with Crippen molar-refractivity contribution in [2.75, 3.05) is 6.61 Å². The van der Waals surface area contributed by atoms with Gasteiger partial charge >= 0.3 is 11.9 Å². The molecule has 0 aromatic heterocycles. The van der Waals surface area contributed by atoms with Gasteiger partial charge in [-0.3, -0.25) is 4.79 Å². The first kappa shape index (κ1) is 53.0. The fraction of sp³-hybridized carbons (Fsp3) is 0.896. The number of carboxylic acids is 2. The third-order valence-electron chi connectivity index (χ3n) is 19.3. The number of rotatable bonds is 10. The minimum atomic E-state index is -2.16. The Bertz CT molecular complexity index is 1980. The molecule has 0 aromatic rings. The van der Waals surface area contributed by atoms with Crippen LogP contribution >= 0.6 is 0 Å². The zero-order valence-corrected chi connectivity index (χ0v) is 40.2. The van der Waals surface area contributed by atoms with E-state index in [1.165, 1.54) is 6.92 Å². The lowest BCUT2D eigenvalue weighted by Gasteiger charge is -2.71. The molecule has 26 atom stereocenters. The zero-order valence-electron chi connectivity index (χ0n) is 40.2. The second kappa shape index (κ2) is 18.3. The fourth-order valence-corrected chi connectivity index (χ4v) is 15.3. The SMILES string of the molecule is C[C@@H]1O[C@@H](O[C@H]2[C@H](O)[C@@H](C(=O)O)O[C@@H](OC3CCC4(C)C(CCC5(C)C4CC=C4C6CC(C)(C)CC(O)C6(C(=O)O)C(O)CC45C)C3(C)C=O)[C@@H]2O[C@@H]2O[C@H](CO)[C@H](O)[C@H](O)[C@H]2O)[C@H](O)[C@H](O)[C@H]1O. The number of fused-ring (bicyclic) bond motifs is 7. The van der Waals surface area contributed by atoms with E-state index in [2.05, 4.69) is 26.8 Å². The van der Waals surface area contributed by atoms with Crippen molar-refractivity contribution in [3.05, 3.63) is 11.6 Å². The van der Waals surface area contributed by atoms with Gasteiger partial charge in [-0.1, -0.05) is 53.2 Å². The van der Waals surface area contributed by atoms with Gasteiger partial charge in [0.2, 0.25) is 0 Å². The van der Waals surface area contributed by atoms with Crippen LogP contribution < -0.4 is 0 Å². The van der Waals surface area contributed by atoms with Crippen molar-refractivity contribution in [3.8, 4) is 0 Å². The van der Waals surface area contributed by atoms with Gasteiger partial charge in [-0.25, -0.2) is 4.79 Å². The van der Waals surface area contributed by atoms with Gasteiger partial charge in [0.15, 0.2) is 25.0 Å². The Morgan fingerprint density at radius 3 is 1.91 bits per heavy atom. The summed E-state index contributed by atoms with van der Waals surface area (Å²) in [5, 5.41) is 131. The molecule has 7 fully saturated rings. The van der Waals surface area contributed by atoms with E-state index >= 15 is 0 Å². The van der Waals surface area contributed by atoms with Crippen molar-refractivity contribution in [2.45, 2.75) is 210 Å². The first-order valence-corrected chi connectivity index (χ1v) is 24.4. The van der Waals surface area contributed by atoms with E-state index in [4.69, 9.17) is 28.4 Å². The average Bonchev–Trinajstić information content (AvgIpc) is 3.27. The first-order valence-electron chi connectivity index (χ1n) is 24.4. The second-order valence-corrected chi connectivity index (χ2v) is 23.4. The van der Waals surface area contributed by atoms with E-state index in [-0.39, 0.29) is 31.1 Å². The van der Waals surface area contributed by atoms with E-state index in [0.717, 1.165) is 11.9 Å². The number of carbonyl (C=O) groups excluding carboxylic acids is 1. The number of aliphatic hydroxyl groups excluding tert-OH is 10. The van der Waals surface area contributed by atoms with Crippen molar-refractivity contribution >= 4 is 18.2 Å². The van der Waals surface area contributed by atoms with Gasteiger partial charge in [0.05, 0.1) is 36.4 Å². The van der Waals surface area contributed by atoms with Crippen LogP contribution in [0.1, 0.15) is 99.8 Å². The fourth-order valence-electron chi connectivity index (χ4n) is 15.3. The lowest BCUT2D eigenvalue weighted by atomic mass is 9.33. The molecule has 11 unspecified atom stereocenters. The van der Waals surface area contributed by atoms with Gasteiger partial charge in [0.25, 0.3) is 0 Å². The molecule has 21 heteroatoms. The highest BCUT2D eigenvalue weighted by atomic mass is 16.8. The normalized spacial score (nSPS) is 55.0. The summed E-state index contributed by atoms with van der Waals surface area (Å²) in [6, 6.07) is 0. The Kier molecular flexibility index (Phi) is 14.0. The minimum Gasteiger partial charge on any atom is -0.481 e. The summed E-state index contributed by atoms with van der Waals surface area (Å²) >= 11 is 0. The van der Waals surface area contributed by atoms with E-state index in [1.807, 2.05) is 13.8 Å². The van der Waals surface area contributed by atoms with Gasteiger partial charge in [0.1, 0.15) is 72.7 Å². The molecule has 8 rings (SSSR count). The Hall–Kier alpha value is -2.29. The van der Waals surface area contributed by atoms with Crippen LogP contribution in [0.5, 0.6) is 0 Å². The van der Waals surface area contributed by atoms with Crippen molar-refractivity contribution < 1.29 is 104 Å². The van der Waals surface area contributed by atoms with E-state index < -0.39 is 167 Å². The van der Waals surface area contributed by atoms with Crippen molar-refractivity contribution in [1.29, 1.82) is 0 Å². The van der Waals surface area contributed by atoms with Crippen LogP contribution in [0.4, 0.5) is 0 Å². The van der Waals surface area contributed by atoms with Crippen LogP contribution in [0.3, 0.4) is 0 Å². The minimum absolute atomic E-state index is 0.0977. The molecule has 0 radical (unpaired) electrons. The molecule has 3 saturated heterocycles. The zero-order chi connectivity index (χ0) is 50.9. The number of ether oxygens (including phenoxy) is 6. The monoisotopic (exact) mass is 986 g/mol. The van der Waals surface area contributed by atoms with Gasteiger partial charge in [-0.2, -0.15) is 0 Å². The summed E-state index contributed by atoms with van der Waals surface area (Å²) in [6.07, 6.45) is -25.2. The number of aliphatic hydroxyl groups is 10. The molecule has 0 amide bonds. The maximum Gasteiger partial charge on any atom is 0.335 e. The summed E-state index contributed by atoms with van der Waals surface area (Å²) in [6.45, 7) is 12.7. The lowest BCUT2D eigenvalue weighted by molar-refractivity contribution is -0.394. The molecular weight excluding hydrogens is 913 g/mol. The second-order valence-electron chi connectivity index (χ2n) is 23.4. The van der Waals surface area contributed by atoms with E-state index in [0.29, 0.717) is 32.1 Å². The molecule has 392 valence electrons. The molecule has 5 aliphatic carbocycles. The summed E-state index contributed by atoms with van der Waals surface area (Å²) in [5.74, 6) is -4.02. The highest BCUT2D eigenvalue weighted by Crippen LogP contribution is 2.76. The molecule has 0 bridgehead atoms. The van der Waals surface area contributed by atoms with Crippen LogP contribution in [0.15, 0.2) is 11.6 Å². The standard InChI is InChI=1S/C48H74O21/c1-19-28(53)30(55)32(57)39(64-19)67-35-34(59)36(38(60)61)68-41(37(35)69-40-33(58)31(56)29(54)22(17-49)65-40)66-27-11-12-44(4)23(45(27,5)18-50)10-13-46(6)24(44)9-8-20-21-14-43(2,3)15-25(51)48(21,42(62)63)26(52)16-47(20,46)7/h8,18-19,21-37,39-41,49,51-59H,9-17H2,1-7H3,(H,60,61)(H,62,63)/t19-,21?,22+,23?,24?,25?,26?,27?,28-,29-,30+,31-,32+,33+,34-,35-,36-,37+,39-,40-,41+,44?,45?,46?,47?,48?/m0/s1. The molecule has 0 aromatic carbocycles. The molecule has 0 spiro atoms. The molecule has 3 aliphatic heterocycles. The van der Waals surface area contributed by atoms with Gasteiger partial charge in [0, 0.05) is 5.92 Å². The molecule has 3 heterocycles. The van der Waals surface area contributed by atoms with Crippen LogP contribution in [-0.2, 0) is 42.8 Å².